The fourth-order valence-electron chi connectivity index (χ4n) is 2.34. The highest BCUT2D eigenvalue weighted by atomic mass is 79.9. The Hall–Kier alpha value is -2.21. The van der Waals surface area contributed by atoms with E-state index in [1.165, 1.54) is 21.3 Å². The Morgan fingerprint density at radius 2 is 1.62 bits per heavy atom. The van der Waals surface area contributed by atoms with E-state index in [4.69, 9.17) is 14.2 Å². The van der Waals surface area contributed by atoms with E-state index in [0.717, 1.165) is 10.0 Å². The first-order chi connectivity index (χ1) is 11.5. The van der Waals surface area contributed by atoms with Crippen LogP contribution in [-0.4, -0.2) is 27.2 Å². The van der Waals surface area contributed by atoms with Crippen LogP contribution < -0.4 is 19.5 Å². The molecule has 2 aromatic rings. The number of nitrogens with one attached hydrogen (secondary N) is 1. The van der Waals surface area contributed by atoms with E-state index < -0.39 is 0 Å². The second-order valence-electron chi connectivity index (χ2n) is 5.16. The van der Waals surface area contributed by atoms with Crippen molar-refractivity contribution in [3.05, 3.63) is 52.0 Å². The summed E-state index contributed by atoms with van der Waals surface area (Å²) >= 11 is 3.44. The number of hydrogen-bond donors (Lipinski definition) is 1. The lowest BCUT2D eigenvalue weighted by Gasteiger charge is -2.17. The number of benzene rings is 2. The Labute approximate surface area is 150 Å². The van der Waals surface area contributed by atoms with E-state index in [1.807, 2.05) is 31.2 Å². The zero-order valence-electron chi connectivity index (χ0n) is 14.1. The Morgan fingerprint density at radius 3 is 2.21 bits per heavy atom. The van der Waals surface area contributed by atoms with Crippen molar-refractivity contribution in [2.75, 3.05) is 21.3 Å². The third kappa shape index (κ3) is 4.00. The highest BCUT2D eigenvalue weighted by Gasteiger charge is 2.19. The van der Waals surface area contributed by atoms with E-state index in [-0.39, 0.29) is 11.9 Å². The first kappa shape index (κ1) is 18.1. The van der Waals surface area contributed by atoms with Gasteiger partial charge in [-0.25, -0.2) is 0 Å². The van der Waals surface area contributed by atoms with E-state index in [0.29, 0.717) is 22.8 Å². The summed E-state index contributed by atoms with van der Waals surface area (Å²) in [7, 11) is 4.57. The van der Waals surface area contributed by atoms with E-state index in [2.05, 4.69) is 21.2 Å². The summed E-state index contributed by atoms with van der Waals surface area (Å²) in [5.41, 5.74) is 1.38. The van der Waals surface area contributed by atoms with Crippen LogP contribution in [0.3, 0.4) is 0 Å². The van der Waals surface area contributed by atoms with E-state index in [1.54, 1.807) is 12.1 Å². The molecule has 1 N–H and O–H groups in total. The van der Waals surface area contributed by atoms with Crippen molar-refractivity contribution < 1.29 is 19.0 Å². The topological polar surface area (TPSA) is 56.8 Å². The highest BCUT2D eigenvalue weighted by molar-refractivity contribution is 9.10. The highest BCUT2D eigenvalue weighted by Crippen LogP contribution is 2.34. The molecule has 0 radical (unpaired) electrons. The van der Waals surface area contributed by atoms with Crippen molar-refractivity contribution in [1.82, 2.24) is 5.32 Å². The van der Waals surface area contributed by atoms with Crippen molar-refractivity contribution in [3.63, 3.8) is 0 Å². The Balaban J connectivity index is 2.28. The molecule has 0 saturated carbocycles. The molecule has 6 heteroatoms. The molecule has 0 aliphatic carbocycles. The molecule has 0 aliphatic heterocycles. The molecule has 24 heavy (non-hydrogen) atoms. The molecule has 2 rings (SSSR count). The molecule has 1 amide bonds. The van der Waals surface area contributed by atoms with Crippen LogP contribution in [0.1, 0.15) is 28.9 Å². The van der Waals surface area contributed by atoms with Crippen molar-refractivity contribution in [1.29, 1.82) is 0 Å². The largest absolute Gasteiger partial charge is 0.496 e. The molecule has 5 nitrogen and oxygen atoms in total. The van der Waals surface area contributed by atoms with Crippen LogP contribution in [0, 0.1) is 0 Å². The maximum atomic E-state index is 12.7. The lowest BCUT2D eigenvalue weighted by molar-refractivity contribution is 0.0936. The first-order valence-corrected chi connectivity index (χ1v) is 8.15. The summed E-state index contributed by atoms with van der Waals surface area (Å²) in [4.78, 5) is 12.7. The quantitative estimate of drug-likeness (QED) is 0.806. The molecule has 0 bridgehead atoms. The maximum Gasteiger partial charge on any atom is 0.255 e. The minimum atomic E-state index is -0.250. The monoisotopic (exact) mass is 393 g/mol. The van der Waals surface area contributed by atoms with Gasteiger partial charge in [0.1, 0.15) is 5.75 Å². The molecule has 0 heterocycles. The number of amides is 1. The van der Waals surface area contributed by atoms with Gasteiger partial charge in [0.2, 0.25) is 0 Å². The van der Waals surface area contributed by atoms with Gasteiger partial charge in [-0.15, -0.1) is 0 Å². The third-order valence-electron chi connectivity index (χ3n) is 3.65. The Morgan fingerprint density at radius 1 is 1.00 bits per heavy atom. The molecule has 2 aromatic carbocycles. The summed E-state index contributed by atoms with van der Waals surface area (Å²) in [5, 5.41) is 2.97. The van der Waals surface area contributed by atoms with Gasteiger partial charge in [-0.05, 0) is 24.6 Å². The van der Waals surface area contributed by atoms with Crippen molar-refractivity contribution in [2.24, 2.45) is 0 Å². The van der Waals surface area contributed by atoms with Crippen LogP contribution in [0.25, 0.3) is 0 Å². The summed E-state index contributed by atoms with van der Waals surface area (Å²) in [6, 6.07) is 10.9. The SMILES string of the molecule is COc1cc(OC)c(C(=O)NC(C)c2cccc(Br)c2)cc1OC. The second-order valence-corrected chi connectivity index (χ2v) is 6.07. The van der Waals surface area contributed by atoms with Crippen molar-refractivity contribution >= 4 is 21.8 Å². The Kier molecular flexibility index (Phi) is 6.09. The van der Waals surface area contributed by atoms with Crippen LogP contribution in [-0.2, 0) is 0 Å². The van der Waals surface area contributed by atoms with Gasteiger partial charge in [0, 0.05) is 16.6 Å². The molecule has 1 atom stereocenters. The number of carbonyl (C=O) groups is 1. The van der Waals surface area contributed by atoms with Gasteiger partial charge < -0.3 is 19.5 Å². The standard InChI is InChI=1S/C18H20BrNO4/c1-11(12-6-5-7-13(19)8-12)20-18(21)14-9-16(23-3)17(24-4)10-15(14)22-2/h5-11H,1-4H3,(H,20,21). The van der Waals surface area contributed by atoms with Crippen LogP contribution in [0.5, 0.6) is 17.2 Å². The minimum Gasteiger partial charge on any atom is -0.496 e. The summed E-state index contributed by atoms with van der Waals surface area (Å²) in [6.45, 7) is 1.92. The molecular formula is C18H20BrNO4. The van der Waals surface area contributed by atoms with Crippen LogP contribution >= 0.6 is 15.9 Å². The summed E-state index contributed by atoms with van der Waals surface area (Å²) in [5.74, 6) is 1.15. The lowest BCUT2D eigenvalue weighted by atomic mass is 10.1. The van der Waals surface area contributed by atoms with Crippen LogP contribution in [0.15, 0.2) is 40.9 Å². The second kappa shape index (κ2) is 8.06. The molecular weight excluding hydrogens is 374 g/mol. The molecule has 1 unspecified atom stereocenters. The number of methoxy groups -OCH3 is 3. The molecule has 0 aliphatic rings. The number of hydrogen-bond acceptors (Lipinski definition) is 4. The van der Waals surface area contributed by atoms with E-state index in [9.17, 15) is 4.79 Å². The molecule has 0 spiro atoms. The number of carbonyl (C=O) groups excluding carboxylic acids is 1. The predicted octanol–water partition coefficient (Wildman–Crippen LogP) is 3.97. The predicted molar refractivity (Wildman–Crippen MR) is 96.1 cm³/mol. The van der Waals surface area contributed by atoms with Gasteiger partial charge in [-0.3, -0.25) is 4.79 Å². The van der Waals surface area contributed by atoms with Gasteiger partial charge in [-0.1, -0.05) is 28.1 Å². The zero-order chi connectivity index (χ0) is 17.7. The van der Waals surface area contributed by atoms with Crippen LogP contribution in [0.4, 0.5) is 0 Å². The van der Waals surface area contributed by atoms with Gasteiger partial charge in [0.05, 0.1) is 32.9 Å². The average molecular weight is 394 g/mol. The number of halogens is 1. The van der Waals surface area contributed by atoms with Gasteiger partial charge in [0.25, 0.3) is 5.91 Å². The number of rotatable bonds is 6. The molecule has 0 saturated heterocycles. The maximum absolute atomic E-state index is 12.7. The average Bonchev–Trinajstić information content (AvgIpc) is 2.60. The lowest BCUT2D eigenvalue weighted by Crippen LogP contribution is -2.27. The van der Waals surface area contributed by atoms with Crippen molar-refractivity contribution in [2.45, 2.75) is 13.0 Å². The Bertz CT molecular complexity index is 733. The van der Waals surface area contributed by atoms with Crippen molar-refractivity contribution in [3.8, 4) is 17.2 Å². The zero-order valence-corrected chi connectivity index (χ0v) is 15.6. The van der Waals surface area contributed by atoms with E-state index >= 15 is 0 Å². The molecule has 0 aromatic heterocycles. The summed E-state index contributed by atoms with van der Waals surface area (Å²) in [6.07, 6.45) is 0. The third-order valence-corrected chi connectivity index (χ3v) is 4.14. The normalized spacial score (nSPS) is 11.5. The van der Waals surface area contributed by atoms with Crippen LogP contribution in [0.2, 0.25) is 0 Å². The van der Waals surface area contributed by atoms with Gasteiger partial charge >= 0.3 is 0 Å². The molecule has 128 valence electrons. The van der Waals surface area contributed by atoms with Gasteiger partial charge in [-0.2, -0.15) is 0 Å². The van der Waals surface area contributed by atoms with Gasteiger partial charge in [0.15, 0.2) is 11.5 Å². The first-order valence-electron chi connectivity index (χ1n) is 7.36. The molecule has 0 fully saturated rings. The fraction of sp³-hybridized carbons (Fsp3) is 0.278. The summed E-state index contributed by atoms with van der Waals surface area (Å²) < 4.78 is 16.8. The fourth-order valence-corrected chi connectivity index (χ4v) is 2.76. The smallest absolute Gasteiger partial charge is 0.255 e. The minimum absolute atomic E-state index is 0.159. The number of ether oxygens (including phenoxy) is 3.